The van der Waals surface area contributed by atoms with Gasteiger partial charge in [-0.2, -0.15) is 21.2 Å². The van der Waals surface area contributed by atoms with Crippen LogP contribution in [0.3, 0.4) is 0 Å². The quantitative estimate of drug-likeness (QED) is 0.766. The third-order valence-corrected chi connectivity index (χ3v) is 6.90. The first-order valence-electron chi connectivity index (χ1n) is 9.02. The van der Waals surface area contributed by atoms with Gasteiger partial charge in [-0.3, -0.25) is 9.69 Å². The van der Waals surface area contributed by atoms with Crippen molar-refractivity contribution in [2.45, 2.75) is 44.1 Å². The molecule has 26 heavy (non-hydrogen) atoms. The van der Waals surface area contributed by atoms with Gasteiger partial charge in [-0.25, -0.2) is 9.67 Å². The summed E-state index contributed by atoms with van der Waals surface area (Å²) in [6.07, 6.45) is 3.20. The molecular formula is C17H24N6OS2. The molecule has 0 aromatic carbocycles. The topological polar surface area (TPSA) is 67.2 Å². The molecule has 0 bridgehead atoms. The maximum Gasteiger partial charge on any atom is 0.267 e. The standard InChI is InChI=1S/C17H24N6OS2/c1-21(2)17-18-15(20-26-17)10-22-6-3-4-13(22)9-23-16(24)8-12-11-25-7-5-14(12)19-23/h8,13H,3-7,9-11H2,1-2H3. The fraction of sp³-hybridized carbons (Fsp3) is 0.647. The summed E-state index contributed by atoms with van der Waals surface area (Å²) < 4.78 is 6.16. The molecule has 0 spiro atoms. The van der Waals surface area contributed by atoms with E-state index in [1.807, 2.05) is 30.8 Å². The van der Waals surface area contributed by atoms with Crippen molar-refractivity contribution >= 4 is 28.4 Å². The van der Waals surface area contributed by atoms with Gasteiger partial charge in [0, 0.05) is 49.9 Å². The summed E-state index contributed by atoms with van der Waals surface area (Å²) in [7, 11) is 3.96. The number of rotatable bonds is 5. The molecule has 9 heteroatoms. The van der Waals surface area contributed by atoms with Gasteiger partial charge in [-0.15, -0.1) is 0 Å². The van der Waals surface area contributed by atoms with Crippen LogP contribution in [0.5, 0.6) is 0 Å². The van der Waals surface area contributed by atoms with Crippen LogP contribution >= 0.6 is 23.3 Å². The van der Waals surface area contributed by atoms with E-state index < -0.39 is 0 Å². The number of fused-ring (bicyclic) bond motifs is 1. The highest BCUT2D eigenvalue weighted by Crippen LogP contribution is 2.24. The molecule has 0 aliphatic carbocycles. The minimum Gasteiger partial charge on any atom is -0.353 e. The van der Waals surface area contributed by atoms with Crippen molar-refractivity contribution in [1.82, 2.24) is 24.0 Å². The first-order valence-corrected chi connectivity index (χ1v) is 10.9. The van der Waals surface area contributed by atoms with Gasteiger partial charge in [0.15, 0.2) is 5.82 Å². The number of hydrogen-bond donors (Lipinski definition) is 0. The van der Waals surface area contributed by atoms with E-state index in [1.165, 1.54) is 11.5 Å². The largest absolute Gasteiger partial charge is 0.353 e. The van der Waals surface area contributed by atoms with Crippen LogP contribution in [-0.2, 0) is 25.3 Å². The lowest BCUT2D eigenvalue weighted by Gasteiger charge is -2.24. The molecule has 2 aromatic rings. The number of thioether (sulfide) groups is 1. The van der Waals surface area contributed by atoms with Gasteiger partial charge in [0.2, 0.25) is 5.13 Å². The Hall–Kier alpha value is -1.45. The Morgan fingerprint density at radius 1 is 1.38 bits per heavy atom. The minimum absolute atomic E-state index is 0.0276. The Morgan fingerprint density at radius 3 is 3.08 bits per heavy atom. The summed E-state index contributed by atoms with van der Waals surface area (Å²) in [5, 5.41) is 5.61. The predicted molar refractivity (Wildman–Crippen MR) is 106 cm³/mol. The number of nitrogens with zero attached hydrogens (tertiary/aromatic N) is 6. The summed E-state index contributed by atoms with van der Waals surface area (Å²) >= 11 is 3.31. The number of aryl methyl sites for hydroxylation is 1. The van der Waals surface area contributed by atoms with Crippen molar-refractivity contribution in [2.75, 3.05) is 31.3 Å². The summed E-state index contributed by atoms with van der Waals surface area (Å²) in [5.74, 6) is 2.88. The van der Waals surface area contributed by atoms with Gasteiger partial charge in [0.1, 0.15) is 0 Å². The van der Waals surface area contributed by atoms with Crippen molar-refractivity contribution in [1.29, 1.82) is 0 Å². The summed E-state index contributed by atoms with van der Waals surface area (Å²) in [4.78, 5) is 21.4. The highest BCUT2D eigenvalue weighted by molar-refractivity contribution is 7.98. The molecule has 4 rings (SSSR count). The van der Waals surface area contributed by atoms with Crippen molar-refractivity contribution in [2.24, 2.45) is 0 Å². The highest BCUT2D eigenvalue weighted by atomic mass is 32.2. The lowest BCUT2D eigenvalue weighted by molar-refractivity contribution is 0.212. The molecule has 1 saturated heterocycles. The van der Waals surface area contributed by atoms with Crippen LogP contribution in [0.1, 0.15) is 29.9 Å². The monoisotopic (exact) mass is 392 g/mol. The third kappa shape index (κ3) is 3.79. The maximum absolute atomic E-state index is 12.5. The molecule has 2 aliphatic rings. The molecule has 2 aromatic heterocycles. The van der Waals surface area contributed by atoms with Crippen molar-refractivity contribution in [3.63, 3.8) is 0 Å². The molecule has 1 atom stereocenters. The van der Waals surface area contributed by atoms with E-state index in [9.17, 15) is 4.79 Å². The summed E-state index contributed by atoms with van der Waals surface area (Å²) in [5.41, 5.74) is 2.25. The average Bonchev–Trinajstić information content (AvgIpc) is 3.26. The predicted octanol–water partition coefficient (Wildman–Crippen LogP) is 1.61. The second-order valence-corrected chi connectivity index (χ2v) is 8.93. The zero-order valence-electron chi connectivity index (χ0n) is 15.2. The molecule has 1 unspecified atom stereocenters. The van der Waals surface area contributed by atoms with Gasteiger partial charge in [0.05, 0.1) is 18.8 Å². The summed E-state index contributed by atoms with van der Waals surface area (Å²) in [6, 6.07) is 2.11. The lowest BCUT2D eigenvalue weighted by Crippen LogP contribution is -2.37. The SMILES string of the molecule is CN(C)c1nc(CN2CCCC2Cn2nc3c(cc2=O)CSCC3)ns1. The second-order valence-electron chi connectivity index (χ2n) is 7.09. The molecule has 0 N–H and O–H groups in total. The fourth-order valence-corrected chi connectivity index (χ4v) is 5.11. The Labute approximate surface area is 161 Å². The molecule has 7 nitrogen and oxygen atoms in total. The number of aromatic nitrogens is 4. The molecule has 140 valence electrons. The number of anilines is 1. The Kier molecular flexibility index (Phi) is 5.28. The lowest BCUT2D eigenvalue weighted by atomic mass is 10.2. The second kappa shape index (κ2) is 7.66. The normalized spacial score (nSPS) is 20.3. The fourth-order valence-electron chi connectivity index (χ4n) is 3.57. The number of likely N-dealkylation sites (tertiary alicyclic amines) is 1. The molecule has 0 saturated carbocycles. The van der Waals surface area contributed by atoms with Crippen molar-refractivity contribution < 1.29 is 0 Å². The zero-order valence-corrected chi connectivity index (χ0v) is 16.9. The first kappa shape index (κ1) is 17.9. The molecule has 0 radical (unpaired) electrons. The van der Waals surface area contributed by atoms with Crippen LogP contribution in [-0.4, -0.2) is 56.5 Å². The Balaban J connectivity index is 1.47. The first-order chi connectivity index (χ1) is 12.6. The maximum atomic E-state index is 12.5. The molecule has 1 fully saturated rings. The average molecular weight is 393 g/mol. The summed E-state index contributed by atoms with van der Waals surface area (Å²) in [6.45, 7) is 2.42. The van der Waals surface area contributed by atoms with Crippen LogP contribution < -0.4 is 10.5 Å². The van der Waals surface area contributed by atoms with Crippen LogP contribution in [0.25, 0.3) is 0 Å². The van der Waals surface area contributed by atoms with Gasteiger partial charge < -0.3 is 4.90 Å². The van der Waals surface area contributed by atoms with Crippen LogP contribution in [0.2, 0.25) is 0 Å². The molecular weight excluding hydrogens is 368 g/mol. The van der Waals surface area contributed by atoms with E-state index in [1.54, 1.807) is 10.7 Å². The Morgan fingerprint density at radius 2 is 2.27 bits per heavy atom. The highest BCUT2D eigenvalue weighted by Gasteiger charge is 2.27. The van der Waals surface area contributed by atoms with E-state index in [0.29, 0.717) is 12.6 Å². The number of hydrogen-bond acceptors (Lipinski definition) is 8. The van der Waals surface area contributed by atoms with Crippen molar-refractivity contribution in [3.05, 3.63) is 33.5 Å². The van der Waals surface area contributed by atoms with Crippen LogP contribution in [0.15, 0.2) is 10.9 Å². The van der Waals surface area contributed by atoms with Gasteiger partial charge in [0.25, 0.3) is 5.56 Å². The zero-order chi connectivity index (χ0) is 18.1. The van der Waals surface area contributed by atoms with Gasteiger partial charge in [-0.05, 0) is 30.7 Å². The van der Waals surface area contributed by atoms with Gasteiger partial charge in [-0.1, -0.05) is 0 Å². The molecule has 0 amide bonds. The van der Waals surface area contributed by atoms with Crippen LogP contribution in [0.4, 0.5) is 5.13 Å². The third-order valence-electron chi connectivity index (χ3n) is 4.97. The minimum atomic E-state index is 0.0276. The molecule has 2 aliphatic heterocycles. The van der Waals surface area contributed by atoms with E-state index in [0.717, 1.165) is 66.1 Å². The van der Waals surface area contributed by atoms with E-state index >= 15 is 0 Å². The molecule has 4 heterocycles. The van der Waals surface area contributed by atoms with Crippen LogP contribution in [0, 0.1) is 0 Å². The van der Waals surface area contributed by atoms with E-state index in [2.05, 4.69) is 19.4 Å². The Bertz CT molecular complexity index is 833. The van der Waals surface area contributed by atoms with E-state index in [-0.39, 0.29) is 5.56 Å². The van der Waals surface area contributed by atoms with Gasteiger partial charge >= 0.3 is 0 Å². The van der Waals surface area contributed by atoms with E-state index in [4.69, 9.17) is 0 Å². The van der Waals surface area contributed by atoms with Crippen molar-refractivity contribution in [3.8, 4) is 0 Å². The smallest absolute Gasteiger partial charge is 0.267 e.